The zero-order valence-corrected chi connectivity index (χ0v) is 11.6. The smallest absolute Gasteiger partial charge is 0.298 e. The van der Waals surface area contributed by atoms with E-state index in [9.17, 15) is 4.79 Å². The highest BCUT2D eigenvalue weighted by Crippen LogP contribution is 2.29. The fourth-order valence-electron chi connectivity index (χ4n) is 1.83. The monoisotopic (exact) mass is 230 g/mol. The van der Waals surface area contributed by atoms with Gasteiger partial charge in [0.2, 0.25) is 0 Å². The largest absolute Gasteiger partial charge is 0.342 e. The molecule has 0 rings (SSSR count). The van der Waals surface area contributed by atoms with Crippen molar-refractivity contribution in [1.29, 1.82) is 0 Å². The topological polar surface area (TPSA) is 35.5 Å². The Bertz CT molecular complexity index is 214. The van der Waals surface area contributed by atoms with Crippen LogP contribution in [0.5, 0.6) is 0 Å². The predicted molar refractivity (Wildman–Crippen MR) is 64.9 cm³/mol. The Kier molecular flexibility index (Phi) is 6.01. The van der Waals surface area contributed by atoms with Crippen LogP contribution in [0.15, 0.2) is 0 Å². The van der Waals surface area contributed by atoms with E-state index in [1.165, 1.54) is 0 Å². The van der Waals surface area contributed by atoms with Crippen LogP contribution in [0, 0.1) is 5.41 Å². The van der Waals surface area contributed by atoms with E-state index < -0.39 is 5.60 Å². The molecule has 0 amide bonds. The van der Waals surface area contributed by atoms with Gasteiger partial charge in [-0.3, -0.25) is 4.89 Å². The minimum absolute atomic E-state index is 0.152. The normalized spacial score (nSPS) is 12.6. The highest BCUT2D eigenvalue weighted by atomic mass is 17.2. The average molecular weight is 230 g/mol. The first-order valence-electron chi connectivity index (χ1n) is 6.05. The minimum Gasteiger partial charge on any atom is -0.298 e. The van der Waals surface area contributed by atoms with E-state index in [0.29, 0.717) is 6.42 Å². The molecule has 0 spiro atoms. The van der Waals surface area contributed by atoms with Crippen LogP contribution in [0.3, 0.4) is 0 Å². The van der Waals surface area contributed by atoms with Crippen LogP contribution in [-0.2, 0) is 14.6 Å². The zero-order valence-electron chi connectivity index (χ0n) is 11.6. The van der Waals surface area contributed by atoms with Crippen molar-refractivity contribution in [2.45, 2.75) is 72.8 Å². The van der Waals surface area contributed by atoms with Gasteiger partial charge in [-0.15, -0.1) is 0 Å². The molecule has 0 aromatic rings. The summed E-state index contributed by atoms with van der Waals surface area (Å²) in [5.74, 6) is -0.274. The number of hydrogen-bond donors (Lipinski definition) is 0. The Morgan fingerprint density at radius 3 is 2.12 bits per heavy atom. The number of rotatable bonds is 6. The van der Waals surface area contributed by atoms with Crippen LogP contribution in [-0.4, -0.2) is 11.6 Å². The second-order valence-electron chi connectivity index (χ2n) is 6.14. The van der Waals surface area contributed by atoms with Gasteiger partial charge in [0.05, 0.1) is 0 Å². The van der Waals surface area contributed by atoms with Gasteiger partial charge in [0.1, 0.15) is 5.60 Å². The van der Waals surface area contributed by atoms with Gasteiger partial charge >= 0.3 is 5.97 Å². The Hall–Kier alpha value is -0.570. The molecule has 0 N–H and O–H groups in total. The molecule has 0 fully saturated rings. The molecule has 0 saturated heterocycles. The first-order valence-corrected chi connectivity index (χ1v) is 6.05. The van der Waals surface area contributed by atoms with Gasteiger partial charge in [0, 0.05) is 6.42 Å². The van der Waals surface area contributed by atoms with Gasteiger partial charge in [-0.25, -0.2) is 4.79 Å². The molecule has 0 aliphatic carbocycles. The maximum absolute atomic E-state index is 11.3. The van der Waals surface area contributed by atoms with Crippen molar-refractivity contribution in [3.8, 4) is 0 Å². The van der Waals surface area contributed by atoms with Gasteiger partial charge < -0.3 is 0 Å². The number of hydrogen-bond acceptors (Lipinski definition) is 3. The Labute approximate surface area is 99.4 Å². The summed E-state index contributed by atoms with van der Waals surface area (Å²) in [4.78, 5) is 21.3. The summed E-state index contributed by atoms with van der Waals surface area (Å²) < 4.78 is 0. The summed E-state index contributed by atoms with van der Waals surface area (Å²) in [7, 11) is 0. The number of carbonyl (C=O) groups excluding carboxylic acids is 1. The Balaban J connectivity index is 3.94. The van der Waals surface area contributed by atoms with Crippen molar-refractivity contribution in [2.75, 3.05) is 0 Å². The maximum atomic E-state index is 11.3. The van der Waals surface area contributed by atoms with Crippen LogP contribution in [0.2, 0.25) is 0 Å². The molecule has 0 heterocycles. The van der Waals surface area contributed by atoms with Crippen molar-refractivity contribution in [3.63, 3.8) is 0 Å². The van der Waals surface area contributed by atoms with E-state index in [2.05, 4.69) is 20.8 Å². The molecule has 0 radical (unpaired) electrons. The van der Waals surface area contributed by atoms with E-state index in [4.69, 9.17) is 9.78 Å². The summed E-state index contributed by atoms with van der Waals surface area (Å²) in [6, 6.07) is 0. The third kappa shape index (κ3) is 8.72. The lowest BCUT2D eigenvalue weighted by atomic mass is 9.84. The van der Waals surface area contributed by atoms with Gasteiger partial charge in [0.15, 0.2) is 0 Å². The first kappa shape index (κ1) is 15.4. The van der Waals surface area contributed by atoms with Gasteiger partial charge in [-0.2, -0.15) is 4.89 Å². The van der Waals surface area contributed by atoms with E-state index in [1.807, 2.05) is 20.8 Å². The molecular formula is C13H26O3. The highest BCUT2D eigenvalue weighted by Gasteiger charge is 2.28. The minimum atomic E-state index is -0.430. The molecule has 96 valence electrons. The van der Waals surface area contributed by atoms with Crippen LogP contribution >= 0.6 is 0 Å². The Morgan fingerprint density at radius 1 is 1.12 bits per heavy atom. The maximum Gasteiger partial charge on any atom is 0.342 e. The fourth-order valence-corrected chi connectivity index (χ4v) is 1.83. The standard InChI is InChI=1S/C13H26O3/c1-7-8-9-11(14)15-16-13(5,6)10-12(2,3)4/h7-10H2,1-6H3. The molecule has 0 aromatic carbocycles. The van der Waals surface area contributed by atoms with Gasteiger partial charge in [-0.05, 0) is 32.1 Å². The van der Waals surface area contributed by atoms with Crippen LogP contribution in [0.1, 0.15) is 67.2 Å². The zero-order chi connectivity index (χ0) is 12.8. The van der Waals surface area contributed by atoms with Crippen molar-refractivity contribution < 1.29 is 14.6 Å². The highest BCUT2D eigenvalue weighted by molar-refractivity contribution is 5.68. The molecule has 0 saturated carbocycles. The molecule has 3 nitrogen and oxygen atoms in total. The number of unbranched alkanes of at least 4 members (excludes halogenated alkanes) is 1. The van der Waals surface area contributed by atoms with Crippen LogP contribution in [0.4, 0.5) is 0 Å². The molecule has 0 aromatic heterocycles. The summed E-state index contributed by atoms with van der Waals surface area (Å²) in [5.41, 5.74) is -0.278. The second kappa shape index (κ2) is 6.24. The third-order valence-corrected chi connectivity index (χ3v) is 2.05. The van der Waals surface area contributed by atoms with E-state index >= 15 is 0 Å². The molecule has 0 bridgehead atoms. The van der Waals surface area contributed by atoms with E-state index in [0.717, 1.165) is 19.3 Å². The second-order valence-corrected chi connectivity index (χ2v) is 6.14. The SMILES string of the molecule is CCCCC(=O)OOC(C)(C)CC(C)(C)C. The molecule has 0 atom stereocenters. The molecule has 0 unspecified atom stereocenters. The van der Waals surface area contributed by atoms with Crippen LogP contribution in [0.25, 0.3) is 0 Å². The summed E-state index contributed by atoms with van der Waals surface area (Å²) in [6.45, 7) is 12.3. The third-order valence-electron chi connectivity index (χ3n) is 2.05. The van der Waals surface area contributed by atoms with Crippen LogP contribution < -0.4 is 0 Å². The summed E-state index contributed by atoms with van der Waals surface area (Å²) in [5, 5.41) is 0. The van der Waals surface area contributed by atoms with E-state index in [1.54, 1.807) is 0 Å². The fraction of sp³-hybridized carbons (Fsp3) is 0.923. The van der Waals surface area contributed by atoms with Gasteiger partial charge in [-0.1, -0.05) is 34.1 Å². The predicted octanol–water partition coefficient (Wildman–Crippen LogP) is 3.87. The van der Waals surface area contributed by atoms with E-state index in [-0.39, 0.29) is 11.4 Å². The molecule has 0 aliphatic rings. The lowest BCUT2D eigenvalue weighted by molar-refractivity contribution is -0.329. The summed E-state index contributed by atoms with van der Waals surface area (Å²) in [6.07, 6.45) is 3.10. The lowest BCUT2D eigenvalue weighted by Gasteiger charge is -2.30. The quantitative estimate of drug-likeness (QED) is 0.513. The van der Waals surface area contributed by atoms with Crippen molar-refractivity contribution in [3.05, 3.63) is 0 Å². The number of carbonyl (C=O) groups is 1. The molecule has 0 aliphatic heterocycles. The lowest BCUT2D eigenvalue weighted by Crippen LogP contribution is -2.31. The molecular weight excluding hydrogens is 204 g/mol. The Morgan fingerprint density at radius 2 is 1.69 bits per heavy atom. The van der Waals surface area contributed by atoms with Crippen molar-refractivity contribution >= 4 is 5.97 Å². The van der Waals surface area contributed by atoms with Gasteiger partial charge in [0.25, 0.3) is 0 Å². The molecule has 3 heteroatoms. The molecule has 16 heavy (non-hydrogen) atoms. The first-order chi connectivity index (χ1) is 7.16. The van der Waals surface area contributed by atoms with Crippen molar-refractivity contribution in [2.24, 2.45) is 5.41 Å². The average Bonchev–Trinajstić information content (AvgIpc) is 2.07. The van der Waals surface area contributed by atoms with Crippen molar-refractivity contribution in [1.82, 2.24) is 0 Å². The summed E-state index contributed by atoms with van der Waals surface area (Å²) >= 11 is 0.